The molecule has 0 saturated heterocycles. The fourth-order valence-electron chi connectivity index (χ4n) is 2.46. The van der Waals surface area contributed by atoms with Crippen molar-refractivity contribution in [1.29, 1.82) is 0 Å². The maximum Gasteiger partial charge on any atom is 0.0910 e. The lowest BCUT2D eigenvalue weighted by Crippen LogP contribution is -2.18. The van der Waals surface area contributed by atoms with E-state index in [9.17, 15) is 5.11 Å². The molecular weight excluding hydrogens is 284 g/mol. The number of aliphatic hydroxyl groups is 1. The molecule has 1 aliphatic carbocycles. The second-order valence-electron chi connectivity index (χ2n) is 5.07. The molecule has 0 amide bonds. The third kappa shape index (κ3) is 2.69. The Balaban J connectivity index is 2.04. The summed E-state index contributed by atoms with van der Waals surface area (Å²) in [6.45, 7) is 4.40. The third-order valence-electron chi connectivity index (χ3n) is 3.67. The summed E-state index contributed by atoms with van der Waals surface area (Å²) in [4.78, 5) is 1.13. The molecule has 1 aromatic heterocycles. The summed E-state index contributed by atoms with van der Waals surface area (Å²) in [7, 11) is 0. The van der Waals surface area contributed by atoms with Gasteiger partial charge in [-0.2, -0.15) is 0 Å². The molecule has 1 N–H and O–H groups in total. The van der Waals surface area contributed by atoms with Gasteiger partial charge in [-0.3, -0.25) is 0 Å². The van der Waals surface area contributed by atoms with E-state index in [1.54, 1.807) is 11.3 Å². The minimum absolute atomic E-state index is 0.248. The Kier molecular flexibility index (Phi) is 4.09. The van der Waals surface area contributed by atoms with E-state index in [1.165, 1.54) is 31.2 Å². The van der Waals surface area contributed by atoms with Crippen molar-refractivity contribution < 1.29 is 5.11 Å². The quantitative estimate of drug-likeness (QED) is 0.841. The van der Waals surface area contributed by atoms with E-state index in [2.05, 4.69) is 35.8 Å². The van der Waals surface area contributed by atoms with Gasteiger partial charge in [0.2, 0.25) is 0 Å². The molecule has 0 aromatic carbocycles. The van der Waals surface area contributed by atoms with E-state index in [1.807, 2.05) is 0 Å². The first-order valence-electron chi connectivity index (χ1n) is 6.02. The predicted octanol–water partition coefficient (Wildman–Crippen LogP) is 4.68. The number of hydrogen-bond acceptors (Lipinski definition) is 2. The Labute approximate surface area is 110 Å². The van der Waals surface area contributed by atoms with Crippen LogP contribution >= 0.6 is 27.3 Å². The van der Waals surface area contributed by atoms with E-state index >= 15 is 0 Å². The van der Waals surface area contributed by atoms with Gasteiger partial charge in [-0.1, -0.05) is 19.8 Å². The molecule has 0 spiro atoms. The minimum atomic E-state index is -0.248. The molecule has 1 nitrogen and oxygen atoms in total. The zero-order valence-electron chi connectivity index (χ0n) is 9.87. The fraction of sp³-hybridized carbons (Fsp3) is 0.692. The normalized spacial score (nSPS) is 28.0. The van der Waals surface area contributed by atoms with Crippen LogP contribution in [0.4, 0.5) is 0 Å². The first-order valence-corrected chi connectivity index (χ1v) is 7.62. The van der Waals surface area contributed by atoms with Crippen molar-refractivity contribution in [3.8, 4) is 0 Å². The molecule has 3 heteroatoms. The largest absolute Gasteiger partial charge is 0.387 e. The zero-order valence-corrected chi connectivity index (χ0v) is 12.3. The van der Waals surface area contributed by atoms with Crippen LogP contribution in [0, 0.1) is 18.8 Å². The molecule has 0 bridgehead atoms. The molecule has 1 saturated carbocycles. The molecule has 1 atom stereocenters. The van der Waals surface area contributed by atoms with Gasteiger partial charge in [0.15, 0.2) is 0 Å². The topological polar surface area (TPSA) is 20.2 Å². The maximum absolute atomic E-state index is 10.4. The lowest BCUT2D eigenvalue weighted by atomic mass is 9.80. The number of rotatable bonds is 2. The first-order chi connectivity index (χ1) is 7.58. The number of aryl methyl sites for hydroxylation is 1. The van der Waals surface area contributed by atoms with Gasteiger partial charge >= 0.3 is 0 Å². The van der Waals surface area contributed by atoms with Crippen molar-refractivity contribution >= 4 is 27.3 Å². The Bertz CT molecular complexity index is 333. The van der Waals surface area contributed by atoms with Gasteiger partial charge in [0.05, 0.1) is 9.89 Å². The van der Waals surface area contributed by atoms with Crippen molar-refractivity contribution in [3.05, 3.63) is 20.3 Å². The molecule has 1 aliphatic rings. The highest BCUT2D eigenvalue weighted by atomic mass is 79.9. The molecule has 16 heavy (non-hydrogen) atoms. The van der Waals surface area contributed by atoms with Gasteiger partial charge in [0, 0.05) is 4.88 Å². The standard InChI is InChI=1S/C13H19BrOS/c1-8-3-5-10(6-4-8)12(15)11-7-9(2)13(14)16-11/h7-8,10,12,15H,3-6H2,1-2H3. The molecule has 0 radical (unpaired) electrons. The maximum atomic E-state index is 10.4. The van der Waals surface area contributed by atoms with Crippen molar-refractivity contribution in [2.24, 2.45) is 11.8 Å². The molecule has 1 fully saturated rings. The van der Waals surface area contributed by atoms with Crippen LogP contribution in [0.5, 0.6) is 0 Å². The van der Waals surface area contributed by atoms with E-state index in [0.29, 0.717) is 5.92 Å². The van der Waals surface area contributed by atoms with Crippen LogP contribution in [-0.2, 0) is 0 Å². The van der Waals surface area contributed by atoms with Crippen LogP contribution in [0.25, 0.3) is 0 Å². The number of hydrogen-bond donors (Lipinski definition) is 1. The summed E-state index contributed by atoms with van der Waals surface area (Å²) >= 11 is 5.21. The summed E-state index contributed by atoms with van der Waals surface area (Å²) < 4.78 is 1.16. The van der Waals surface area contributed by atoms with Gasteiger partial charge in [-0.25, -0.2) is 0 Å². The lowest BCUT2D eigenvalue weighted by Gasteiger charge is -2.29. The predicted molar refractivity (Wildman–Crippen MR) is 72.8 cm³/mol. The van der Waals surface area contributed by atoms with E-state index < -0.39 is 0 Å². The van der Waals surface area contributed by atoms with Crippen LogP contribution in [0.3, 0.4) is 0 Å². The average molecular weight is 303 g/mol. The van der Waals surface area contributed by atoms with Gasteiger partial charge in [0.1, 0.15) is 0 Å². The van der Waals surface area contributed by atoms with Crippen LogP contribution < -0.4 is 0 Å². The van der Waals surface area contributed by atoms with E-state index in [-0.39, 0.29) is 6.10 Å². The third-order valence-corrected chi connectivity index (χ3v) is 5.88. The summed E-state index contributed by atoms with van der Waals surface area (Å²) in [5, 5.41) is 10.4. The summed E-state index contributed by atoms with van der Waals surface area (Å²) in [6, 6.07) is 2.12. The van der Waals surface area contributed by atoms with Gasteiger partial charge < -0.3 is 5.11 Å². The highest BCUT2D eigenvalue weighted by molar-refractivity contribution is 9.11. The van der Waals surface area contributed by atoms with Crippen molar-refractivity contribution in [1.82, 2.24) is 0 Å². The molecular formula is C13H19BrOS. The highest BCUT2D eigenvalue weighted by Gasteiger charge is 2.26. The Morgan fingerprint density at radius 3 is 2.50 bits per heavy atom. The van der Waals surface area contributed by atoms with Crippen molar-refractivity contribution in [2.45, 2.75) is 45.6 Å². The van der Waals surface area contributed by atoms with E-state index in [4.69, 9.17) is 0 Å². The zero-order chi connectivity index (χ0) is 11.7. The Hall–Kier alpha value is 0.140. The van der Waals surface area contributed by atoms with Crippen LogP contribution in [-0.4, -0.2) is 5.11 Å². The smallest absolute Gasteiger partial charge is 0.0910 e. The van der Waals surface area contributed by atoms with Crippen LogP contribution in [0.2, 0.25) is 0 Å². The minimum Gasteiger partial charge on any atom is -0.387 e. The molecule has 90 valence electrons. The SMILES string of the molecule is Cc1cc(C(O)C2CCC(C)CC2)sc1Br. The monoisotopic (exact) mass is 302 g/mol. The van der Waals surface area contributed by atoms with Crippen LogP contribution in [0.15, 0.2) is 9.85 Å². The second kappa shape index (κ2) is 5.19. The second-order valence-corrected chi connectivity index (χ2v) is 7.47. The van der Waals surface area contributed by atoms with Gasteiger partial charge in [0.25, 0.3) is 0 Å². The number of thiophene rings is 1. The molecule has 0 aliphatic heterocycles. The first kappa shape index (κ1) is 12.6. The average Bonchev–Trinajstić information content (AvgIpc) is 2.59. The molecule has 1 heterocycles. The molecule has 2 rings (SSSR count). The lowest BCUT2D eigenvalue weighted by molar-refractivity contribution is 0.0784. The fourth-order valence-corrected chi connectivity index (χ4v) is 4.11. The molecule has 1 aromatic rings. The Morgan fingerprint density at radius 2 is 2.00 bits per heavy atom. The summed E-state index contributed by atoms with van der Waals surface area (Å²) in [5.74, 6) is 1.32. The van der Waals surface area contributed by atoms with Gasteiger partial charge in [-0.15, -0.1) is 11.3 Å². The summed E-state index contributed by atoms with van der Waals surface area (Å²) in [5.41, 5.74) is 1.24. The highest BCUT2D eigenvalue weighted by Crippen LogP contribution is 2.40. The van der Waals surface area contributed by atoms with Crippen molar-refractivity contribution in [3.63, 3.8) is 0 Å². The Morgan fingerprint density at radius 1 is 1.38 bits per heavy atom. The summed E-state index contributed by atoms with van der Waals surface area (Å²) in [6.07, 6.45) is 4.65. The van der Waals surface area contributed by atoms with Crippen molar-refractivity contribution in [2.75, 3.05) is 0 Å². The number of halogens is 1. The molecule has 1 unspecified atom stereocenters. The van der Waals surface area contributed by atoms with Gasteiger partial charge in [-0.05, 0) is 59.2 Å². The van der Waals surface area contributed by atoms with Crippen LogP contribution in [0.1, 0.15) is 49.2 Å². The van der Waals surface area contributed by atoms with E-state index in [0.717, 1.165) is 14.6 Å². The number of aliphatic hydroxyl groups excluding tert-OH is 1.